The van der Waals surface area contributed by atoms with E-state index in [1.54, 1.807) is 0 Å². The quantitative estimate of drug-likeness (QED) is 0.736. The van der Waals surface area contributed by atoms with Gasteiger partial charge in [0.05, 0.1) is 18.0 Å². The molecule has 1 aromatic heterocycles. The Kier molecular flexibility index (Phi) is 4.95. The van der Waals surface area contributed by atoms with Crippen LogP contribution in [0, 0.1) is 5.92 Å². The molecule has 1 fully saturated rings. The van der Waals surface area contributed by atoms with Gasteiger partial charge in [0.1, 0.15) is 0 Å². The second-order valence-corrected chi connectivity index (χ2v) is 4.79. The molecular weight excluding hydrogens is 212 g/mol. The first-order valence-electron chi connectivity index (χ1n) is 6.55. The third kappa shape index (κ3) is 4.10. The monoisotopic (exact) mass is 234 g/mol. The van der Waals surface area contributed by atoms with Gasteiger partial charge in [-0.3, -0.25) is 4.98 Å². The van der Waals surface area contributed by atoms with E-state index in [9.17, 15) is 0 Å². The first kappa shape index (κ1) is 12.5. The van der Waals surface area contributed by atoms with Crippen LogP contribution in [0.4, 0.5) is 0 Å². The normalized spacial score (nSPS) is 15.8. The van der Waals surface area contributed by atoms with E-state index < -0.39 is 0 Å². The van der Waals surface area contributed by atoms with Crippen molar-refractivity contribution in [3.05, 3.63) is 29.6 Å². The molecule has 1 N–H and O–H groups in total. The number of nitrogens with one attached hydrogen (secondary N) is 1. The maximum absolute atomic E-state index is 5.68. The largest absolute Gasteiger partial charge is 0.375 e. The molecule has 94 valence electrons. The van der Waals surface area contributed by atoms with E-state index in [2.05, 4.69) is 10.3 Å². The molecule has 0 bridgehead atoms. The standard InChI is InChI=1S/C14H22N2O/c1-15-10-13-6-3-7-14(16-13)11-17-9-8-12-4-2-5-12/h3,6-7,12,15H,2,4-5,8-11H2,1H3. The van der Waals surface area contributed by atoms with Crippen molar-refractivity contribution in [3.8, 4) is 0 Å². The third-order valence-electron chi connectivity index (χ3n) is 3.37. The zero-order valence-corrected chi connectivity index (χ0v) is 10.6. The Morgan fingerprint density at radius 3 is 2.88 bits per heavy atom. The van der Waals surface area contributed by atoms with Crippen molar-refractivity contribution in [1.82, 2.24) is 10.3 Å². The molecule has 0 saturated heterocycles. The molecule has 17 heavy (non-hydrogen) atoms. The van der Waals surface area contributed by atoms with Gasteiger partial charge in [-0.1, -0.05) is 25.3 Å². The zero-order chi connectivity index (χ0) is 11.9. The lowest BCUT2D eigenvalue weighted by Gasteiger charge is -2.24. The molecule has 0 spiro atoms. The Morgan fingerprint density at radius 1 is 1.35 bits per heavy atom. The summed E-state index contributed by atoms with van der Waals surface area (Å²) in [7, 11) is 1.93. The van der Waals surface area contributed by atoms with Gasteiger partial charge in [-0.2, -0.15) is 0 Å². The molecule has 0 radical (unpaired) electrons. The van der Waals surface area contributed by atoms with Crippen molar-refractivity contribution in [2.24, 2.45) is 5.92 Å². The Morgan fingerprint density at radius 2 is 2.18 bits per heavy atom. The zero-order valence-electron chi connectivity index (χ0n) is 10.6. The summed E-state index contributed by atoms with van der Waals surface area (Å²) in [5.74, 6) is 0.929. The minimum absolute atomic E-state index is 0.643. The molecule has 0 unspecified atom stereocenters. The van der Waals surface area contributed by atoms with Crippen LogP contribution in [0.1, 0.15) is 37.1 Å². The highest BCUT2D eigenvalue weighted by atomic mass is 16.5. The van der Waals surface area contributed by atoms with Crippen LogP contribution in [0.25, 0.3) is 0 Å². The first-order chi connectivity index (χ1) is 8.38. The average Bonchev–Trinajstić information content (AvgIpc) is 2.27. The summed E-state index contributed by atoms with van der Waals surface area (Å²) in [5.41, 5.74) is 2.11. The Balaban J connectivity index is 1.68. The fraction of sp³-hybridized carbons (Fsp3) is 0.643. The lowest BCUT2D eigenvalue weighted by Crippen LogP contribution is -2.13. The van der Waals surface area contributed by atoms with E-state index in [0.29, 0.717) is 6.61 Å². The molecule has 1 heterocycles. The van der Waals surface area contributed by atoms with Gasteiger partial charge in [-0.05, 0) is 31.5 Å². The summed E-state index contributed by atoms with van der Waals surface area (Å²) >= 11 is 0. The fourth-order valence-electron chi connectivity index (χ4n) is 2.10. The topological polar surface area (TPSA) is 34.1 Å². The lowest BCUT2D eigenvalue weighted by atomic mass is 9.83. The van der Waals surface area contributed by atoms with Gasteiger partial charge in [0.15, 0.2) is 0 Å². The van der Waals surface area contributed by atoms with Crippen LogP contribution in [0.15, 0.2) is 18.2 Å². The number of hydrogen-bond donors (Lipinski definition) is 1. The van der Waals surface area contributed by atoms with E-state index in [4.69, 9.17) is 4.74 Å². The van der Waals surface area contributed by atoms with Crippen LogP contribution >= 0.6 is 0 Å². The molecule has 1 aliphatic carbocycles. The molecule has 0 aliphatic heterocycles. The Bertz CT molecular complexity index is 337. The second-order valence-electron chi connectivity index (χ2n) is 4.79. The van der Waals surface area contributed by atoms with Gasteiger partial charge < -0.3 is 10.1 Å². The molecule has 0 atom stereocenters. The maximum atomic E-state index is 5.68. The second kappa shape index (κ2) is 6.72. The van der Waals surface area contributed by atoms with Crippen LogP contribution in [0.5, 0.6) is 0 Å². The number of aromatic nitrogens is 1. The van der Waals surface area contributed by atoms with Crippen LogP contribution in [0.3, 0.4) is 0 Å². The number of hydrogen-bond acceptors (Lipinski definition) is 3. The predicted molar refractivity (Wildman–Crippen MR) is 68.6 cm³/mol. The number of ether oxygens (including phenoxy) is 1. The summed E-state index contributed by atoms with van der Waals surface area (Å²) in [4.78, 5) is 4.53. The number of nitrogens with zero attached hydrogens (tertiary/aromatic N) is 1. The van der Waals surface area contributed by atoms with Crippen molar-refractivity contribution in [2.75, 3.05) is 13.7 Å². The smallest absolute Gasteiger partial charge is 0.0887 e. The summed E-state index contributed by atoms with van der Waals surface area (Å²) in [6.45, 7) is 2.34. The minimum Gasteiger partial charge on any atom is -0.375 e. The number of rotatable bonds is 7. The van der Waals surface area contributed by atoms with Gasteiger partial charge >= 0.3 is 0 Å². The predicted octanol–water partition coefficient (Wildman–Crippen LogP) is 2.51. The van der Waals surface area contributed by atoms with E-state index >= 15 is 0 Å². The van der Waals surface area contributed by atoms with Crippen molar-refractivity contribution in [2.45, 2.75) is 38.8 Å². The minimum atomic E-state index is 0.643. The Labute approximate surface area is 104 Å². The Hall–Kier alpha value is -0.930. The SMILES string of the molecule is CNCc1cccc(COCCC2CCC2)n1. The van der Waals surface area contributed by atoms with E-state index in [-0.39, 0.29) is 0 Å². The molecule has 0 aromatic carbocycles. The maximum Gasteiger partial charge on any atom is 0.0887 e. The highest BCUT2D eigenvalue weighted by molar-refractivity contribution is 5.10. The van der Waals surface area contributed by atoms with Gasteiger partial charge in [-0.15, -0.1) is 0 Å². The van der Waals surface area contributed by atoms with E-state index in [1.807, 2.05) is 25.2 Å². The van der Waals surface area contributed by atoms with Crippen LogP contribution in [-0.2, 0) is 17.9 Å². The van der Waals surface area contributed by atoms with Gasteiger partial charge in [-0.25, -0.2) is 0 Å². The van der Waals surface area contributed by atoms with E-state index in [1.165, 1.54) is 25.7 Å². The highest BCUT2D eigenvalue weighted by Gasteiger charge is 2.16. The van der Waals surface area contributed by atoms with Crippen molar-refractivity contribution < 1.29 is 4.74 Å². The summed E-state index contributed by atoms with van der Waals surface area (Å²) in [5, 5.41) is 3.11. The molecule has 1 saturated carbocycles. The molecule has 1 aromatic rings. The molecule has 2 rings (SSSR count). The summed E-state index contributed by atoms with van der Waals surface area (Å²) < 4.78 is 5.68. The lowest BCUT2D eigenvalue weighted by molar-refractivity contribution is 0.0928. The van der Waals surface area contributed by atoms with Gasteiger partial charge in [0.25, 0.3) is 0 Å². The van der Waals surface area contributed by atoms with E-state index in [0.717, 1.165) is 30.5 Å². The van der Waals surface area contributed by atoms with Crippen molar-refractivity contribution >= 4 is 0 Å². The fourth-order valence-corrected chi connectivity index (χ4v) is 2.10. The van der Waals surface area contributed by atoms with Gasteiger partial charge in [0.2, 0.25) is 0 Å². The van der Waals surface area contributed by atoms with Crippen molar-refractivity contribution in [3.63, 3.8) is 0 Å². The molecule has 1 aliphatic rings. The van der Waals surface area contributed by atoms with Crippen LogP contribution in [-0.4, -0.2) is 18.6 Å². The molecular formula is C14H22N2O. The highest BCUT2D eigenvalue weighted by Crippen LogP contribution is 2.29. The van der Waals surface area contributed by atoms with Crippen molar-refractivity contribution in [1.29, 1.82) is 0 Å². The van der Waals surface area contributed by atoms with Crippen LogP contribution < -0.4 is 5.32 Å². The molecule has 3 heteroatoms. The molecule has 3 nitrogen and oxygen atoms in total. The first-order valence-corrected chi connectivity index (χ1v) is 6.55. The average molecular weight is 234 g/mol. The summed E-state index contributed by atoms with van der Waals surface area (Å²) in [6, 6.07) is 6.11. The number of pyridine rings is 1. The third-order valence-corrected chi connectivity index (χ3v) is 3.37. The van der Waals surface area contributed by atoms with Crippen LogP contribution in [0.2, 0.25) is 0 Å². The summed E-state index contributed by atoms with van der Waals surface area (Å²) in [6.07, 6.45) is 5.44. The van der Waals surface area contributed by atoms with Gasteiger partial charge in [0, 0.05) is 13.2 Å². The molecule has 0 amide bonds.